The molecule has 1 aliphatic carbocycles. The molecule has 1 unspecified atom stereocenters. The van der Waals surface area contributed by atoms with E-state index in [-0.39, 0.29) is 5.97 Å². The molecule has 0 aliphatic heterocycles. The first-order valence-electron chi connectivity index (χ1n) is 8.36. The summed E-state index contributed by atoms with van der Waals surface area (Å²) in [5.74, 6) is 1.23. The summed E-state index contributed by atoms with van der Waals surface area (Å²) in [4.78, 5) is 23.0. The van der Waals surface area contributed by atoms with E-state index in [9.17, 15) is 4.79 Å². The molecule has 0 radical (unpaired) electrons. The Morgan fingerprint density at radius 2 is 2.08 bits per heavy atom. The topological polar surface area (TPSA) is 64.1 Å². The number of benzene rings is 1. The Morgan fingerprint density at radius 1 is 1.28 bits per heavy atom. The van der Waals surface area contributed by atoms with Gasteiger partial charge in [-0.1, -0.05) is 6.92 Å². The number of methoxy groups -OCH3 is 1. The van der Waals surface area contributed by atoms with Gasteiger partial charge in [-0.2, -0.15) is 0 Å². The summed E-state index contributed by atoms with van der Waals surface area (Å²) in [6.45, 7) is 2.31. The molecule has 0 fully saturated rings. The quantitative estimate of drug-likeness (QED) is 0.709. The van der Waals surface area contributed by atoms with Crippen molar-refractivity contribution in [1.82, 2.24) is 9.97 Å². The molecule has 1 atom stereocenters. The molecule has 3 aromatic rings. The number of hydrogen-bond acceptors (Lipinski definition) is 6. The Bertz CT molecular complexity index is 934. The van der Waals surface area contributed by atoms with Crippen molar-refractivity contribution in [3.05, 3.63) is 46.6 Å². The van der Waals surface area contributed by atoms with E-state index < -0.39 is 0 Å². The van der Waals surface area contributed by atoms with Crippen LogP contribution in [0.15, 0.2) is 30.6 Å². The van der Waals surface area contributed by atoms with Gasteiger partial charge in [-0.05, 0) is 55.0 Å². The summed E-state index contributed by atoms with van der Waals surface area (Å²) in [7, 11) is 1.38. The maximum Gasteiger partial charge on any atom is 0.337 e. The third-order valence-electron chi connectivity index (χ3n) is 4.66. The van der Waals surface area contributed by atoms with Crippen LogP contribution in [0.4, 0.5) is 11.5 Å². The van der Waals surface area contributed by atoms with Gasteiger partial charge in [-0.15, -0.1) is 11.3 Å². The van der Waals surface area contributed by atoms with Crippen LogP contribution in [0.25, 0.3) is 10.2 Å². The number of aryl methyl sites for hydroxylation is 1. The second kappa shape index (κ2) is 6.44. The van der Waals surface area contributed by atoms with Crippen LogP contribution >= 0.6 is 11.3 Å². The number of carbonyl (C=O) groups is 1. The van der Waals surface area contributed by atoms with Gasteiger partial charge in [-0.25, -0.2) is 14.8 Å². The van der Waals surface area contributed by atoms with E-state index in [4.69, 9.17) is 4.74 Å². The molecule has 5 nitrogen and oxygen atoms in total. The number of aromatic nitrogens is 2. The fourth-order valence-electron chi connectivity index (χ4n) is 3.31. The van der Waals surface area contributed by atoms with Crippen LogP contribution in [0.3, 0.4) is 0 Å². The Hall–Kier alpha value is -2.47. The van der Waals surface area contributed by atoms with E-state index >= 15 is 0 Å². The summed E-state index contributed by atoms with van der Waals surface area (Å²) < 4.78 is 4.73. The molecule has 4 rings (SSSR count). The largest absolute Gasteiger partial charge is 0.465 e. The fraction of sp³-hybridized carbons (Fsp3) is 0.316. The maximum absolute atomic E-state index is 11.5. The Morgan fingerprint density at radius 3 is 2.84 bits per heavy atom. The van der Waals surface area contributed by atoms with Gasteiger partial charge in [0.15, 0.2) is 0 Å². The summed E-state index contributed by atoms with van der Waals surface area (Å²) in [5.41, 5.74) is 2.81. The van der Waals surface area contributed by atoms with Crippen LogP contribution in [-0.2, 0) is 17.6 Å². The fourth-order valence-corrected chi connectivity index (χ4v) is 4.66. The number of esters is 1. The van der Waals surface area contributed by atoms with Gasteiger partial charge in [0.2, 0.25) is 0 Å². The Balaban J connectivity index is 1.69. The Labute approximate surface area is 150 Å². The molecule has 2 aromatic heterocycles. The smallest absolute Gasteiger partial charge is 0.337 e. The van der Waals surface area contributed by atoms with Gasteiger partial charge in [0.1, 0.15) is 17.0 Å². The van der Waals surface area contributed by atoms with Crippen LogP contribution in [0.2, 0.25) is 0 Å². The minimum absolute atomic E-state index is 0.336. The second-order valence-electron chi connectivity index (χ2n) is 6.45. The van der Waals surface area contributed by atoms with Crippen molar-refractivity contribution in [1.29, 1.82) is 0 Å². The summed E-state index contributed by atoms with van der Waals surface area (Å²) in [6.07, 6.45) is 5.03. The standard InChI is InChI=1S/C19H19N3O2S/c1-11-3-8-14-15(9-11)25-18-16(14)17(20-10-21-18)22-13-6-4-12(5-7-13)19(23)24-2/h4-7,10-11H,3,8-9H2,1-2H3,(H,20,21,22). The van der Waals surface area contributed by atoms with Gasteiger partial charge < -0.3 is 10.1 Å². The highest BCUT2D eigenvalue weighted by atomic mass is 32.1. The second-order valence-corrected chi connectivity index (χ2v) is 7.53. The molecule has 6 heteroatoms. The number of thiophene rings is 1. The molecule has 0 saturated heterocycles. The molecule has 0 saturated carbocycles. The van der Waals surface area contributed by atoms with Crippen molar-refractivity contribution in [2.45, 2.75) is 26.2 Å². The molecule has 1 aromatic carbocycles. The monoisotopic (exact) mass is 353 g/mol. The number of nitrogens with zero attached hydrogens (tertiary/aromatic N) is 2. The molecular weight excluding hydrogens is 334 g/mol. The van der Waals surface area contributed by atoms with Gasteiger partial charge in [0.05, 0.1) is 18.1 Å². The highest BCUT2D eigenvalue weighted by Gasteiger charge is 2.23. The molecule has 1 N–H and O–H groups in total. The SMILES string of the molecule is COC(=O)c1ccc(Nc2ncnc3sc4c(c23)CCC(C)C4)cc1. The van der Waals surface area contributed by atoms with E-state index in [1.54, 1.807) is 29.8 Å². The van der Waals surface area contributed by atoms with E-state index in [2.05, 4.69) is 22.2 Å². The number of carbonyl (C=O) groups excluding carboxylic acids is 1. The van der Waals surface area contributed by atoms with Crippen LogP contribution in [0, 0.1) is 5.92 Å². The molecular formula is C19H19N3O2S. The minimum Gasteiger partial charge on any atom is -0.465 e. The van der Waals surface area contributed by atoms with Crippen LogP contribution in [0.1, 0.15) is 34.1 Å². The van der Waals surface area contributed by atoms with Crippen LogP contribution in [-0.4, -0.2) is 23.0 Å². The summed E-state index contributed by atoms with van der Waals surface area (Å²) in [5, 5.41) is 4.53. The third kappa shape index (κ3) is 2.98. The highest BCUT2D eigenvalue weighted by Crippen LogP contribution is 2.40. The number of ether oxygens (including phenoxy) is 1. The first-order valence-corrected chi connectivity index (χ1v) is 9.18. The Kier molecular flexibility index (Phi) is 4.13. The zero-order valence-corrected chi connectivity index (χ0v) is 15.0. The van der Waals surface area contributed by atoms with E-state index in [1.165, 1.54) is 24.0 Å². The number of rotatable bonds is 3. The van der Waals surface area contributed by atoms with E-state index in [0.717, 1.165) is 40.5 Å². The first-order chi connectivity index (χ1) is 12.2. The lowest BCUT2D eigenvalue weighted by atomic mass is 9.89. The predicted octanol–water partition coefficient (Wildman–Crippen LogP) is 4.35. The number of anilines is 2. The molecule has 0 bridgehead atoms. The average molecular weight is 353 g/mol. The average Bonchev–Trinajstić information content (AvgIpc) is 3.00. The lowest BCUT2D eigenvalue weighted by Crippen LogP contribution is -2.09. The summed E-state index contributed by atoms with van der Waals surface area (Å²) in [6, 6.07) is 7.22. The normalized spacial score (nSPS) is 16.5. The zero-order chi connectivity index (χ0) is 17.4. The molecule has 2 heterocycles. The van der Waals surface area contributed by atoms with E-state index in [0.29, 0.717) is 5.56 Å². The van der Waals surface area contributed by atoms with Crippen molar-refractivity contribution in [3.63, 3.8) is 0 Å². The van der Waals surface area contributed by atoms with Crippen molar-refractivity contribution >= 4 is 39.0 Å². The van der Waals surface area contributed by atoms with Crippen LogP contribution in [0.5, 0.6) is 0 Å². The van der Waals surface area contributed by atoms with Crippen LogP contribution < -0.4 is 5.32 Å². The van der Waals surface area contributed by atoms with Crippen molar-refractivity contribution in [3.8, 4) is 0 Å². The van der Waals surface area contributed by atoms with Crippen molar-refractivity contribution < 1.29 is 9.53 Å². The van der Waals surface area contributed by atoms with Gasteiger partial charge in [-0.3, -0.25) is 0 Å². The molecule has 0 amide bonds. The van der Waals surface area contributed by atoms with Crippen molar-refractivity contribution in [2.75, 3.05) is 12.4 Å². The highest BCUT2D eigenvalue weighted by molar-refractivity contribution is 7.19. The molecule has 25 heavy (non-hydrogen) atoms. The van der Waals surface area contributed by atoms with E-state index in [1.807, 2.05) is 12.1 Å². The molecule has 0 spiro atoms. The predicted molar refractivity (Wildman–Crippen MR) is 99.7 cm³/mol. The van der Waals surface area contributed by atoms with Crippen molar-refractivity contribution in [2.24, 2.45) is 5.92 Å². The third-order valence-corrected chi connectivity index (χ3v) is 5.82. The van der Waals surface area contributed by atoms with Gasteiger partial charge in [0.25, 0.3) is 0 Å². The molecule has 1 aliphatic rings. The number of hydrogen-bond donors (Lipinski definition) is 1. The number of nitrogens with one attached hydrogen (secondary N) is 1. The lowest BCUT2D eigenvalue weighted by molar-refractivity contribution is 0.0601. The summed E-state index contributed by atoms with van der Waals surface area (Å²) >= 11 is 1.79. The number of fused-ring (bicyclic) bond motifs is 3. The maximum atomic E-state index is 11.5. The zero-order valence-electron chi connectivity index (χ0n) is 14.2. The van der Waals surface area contributed by atoms with Gasteiger partial charge >= 0.3 is 5.97 Å². The first kappa shape index (κ1) is 16.0. The lowest BCUT2D eigenvalue weighted by Gasteiger charge is -2.18. The minimum atomic E-state index is -0.336. The molecule has 128 valence electrons. The van der Waals surface area contributed by atoms with Gasteiger partial charge in [0, 0.05) is 10.6 Å².